The number of phenolic OH excluding ortho intramolecular Hbond substituents is 1. The van der Waals surface area contributed by atoms with Crippen LogP contribution in [0.25, 0.3) is 0 Å². The van der Waals surface area contributed by atoms with Gasteiger partial charge in [0.2, 0.25) is 0 Å². The predicted octanol–water partition coefficient (Wildman–Crippen LogP) is 9.97. The van der Waals surface area contributed by atoms with Crippen LogP contribution in [0.3, 0.4) is 0 Å². The van der Waals surface area contributed by atoms with Crippen LogP contribution < -0.4 is 4.74 Å². The first kappa shape index (κ1) is 29.3. The summed E-state index contributed by atoms with van der Waals surface area (Å²) in [6.45, 7) is 30.0. The van der Waals surface area contributed by atoms with Gasteiger partial charge in [0, 0.05) is 32.0 Å². The molecule has 0 aromatic heterocycles. The molecule has 0 saturated carbocycles. The average Bonchev–Trinajstić information content (AvgIpc) is 2.66. The molecule has 4 heteroatoms. The lowest BCUT2D eigenvalue weighted by Crippen LogP contribution is -2.29. The highest BCUT2D eigenvalue weighted by molar-refractivity contribution is 8.18. The van der Waals surface area contributed by atoms with Crippen molar-refractivity contribution in [2.24, 2.45) is 0 Å². The van der Waals surface area contributed by atoms with Crippen LogP contribution in [0.15, 0.2) is 34.1 Å². The van der Waals surface area contributed by atoms with Crippen LogP contribution in [0.1, 0.15) is 119 Å². The summed E-state index contributed by atoms with van der Waals surface area (Å²) in [6.07, 6.45) is 1.04. The Morgan fingerprint density at radius 2 is 1.11 bits per heavy atom. The van der Waals surface area contributed by atoms with Crippen molar-refractivity contribution in [3.05, 3.63) is 46.5 Å². The molecule has 0 aliphatic carbocycles. The second-order valence-corrected chi connectivity index (χ2v) is 18.2. The molecule has 0 fully saturated rings. The molecule has 0 atom stereocenters. The van der Waals surface area contributed by atoms with Crippen molar-refractivity contribution in [1.29, 1.82) is 0 Å². The molecule has 0 radical (unpaired) electrons. The van der Waals surface area contributed by atoms with Gasteiger partial charge in [-0.1, -0.05) is 76.2 Å². The summed E-state index contributed by atoms with van der Waals surface area (Å²) >= 11 is 3.80. The van der Waals surface area contributed by atoms with Gasteiger partial charge in [-0.2, -0.15) is 0 Å². The Hall–Kier alpha value is -1.26. The maximum atomic E-state index is 11.2. The van der Waals surface area contributed by atoms with Gasteiger partial charge in [0.15, 0.2) is 0 Å². The standard InChI is InChI=1S/C32H48O2S2/c1-28(2,3)22-16-20(17-23(26(22)33)29(4,5)6)35-32(12,13)36-21-18-24(30(7,8)9)27-25(19-21)31(10,11)14-15-34-27/h16-19,33H,14-15H2,1-13H3. The summed E-state index contributed by atoms with van der Waals surface area (Å²) in [5, 5.41) is 11.2. The van der Waals surface area contributed by atoms with Crippen molar-refractivity contribution in [2.75, 3.05) is 6.61 Å². The predicted molar refractivity (Wildman–Crippen MR) is 160 cm³/mol. The van der Waals surface area contributed by atoms with E-state index >= 15 is 0 Å². The first-order valence-electron chi connectivity index (χ1n) is 13.2. The van der Waals surface area contributed by atoms with Gasteiger partial charge >= 0.3 is 0 Å². The Kier molecular flexibility index (Phi) is 7.72. The van der Waals surface area contributed by atoms with Crippen molar-refractivity contribution in [2.45, 2.75) is 132 Å². The van der Waals surface area contributed by atoms with Crippen molar-refractivity contribution in [1.82, 2.24) is 0 Å². The summed E-state index contributed by atoms with van der Waals surface area (Å²) in [7, 11) is 0. The molecule has 200 valence electrons. The molecule has 2 aromatic carbocycles. The van der Waals surface area contributed by atoms with Gasteiger partial charge in [-0.15, -0.1) is 23.5 Å². The Labute approximate surface area is 229 Å². The van der Waals surface area contributed by atoms with E-state index in [0.29, 0.717) is 5.75 Å². The normalized spacial score (nSPS) is 16.5. The molecule has 0 unspecified atom stereocenters. The fourth-order valence-electron chi connectivity index (χ4n) is 4.82. The number of aromatic hydroxyl groups is 1. The molecule has 2 nitrogen and oxygen atoms in total. The topological polar surface area (TPSA) is 29.5 Å². The number of fused-ring (bicyclic) bond motifs is 1. The third kappa shape index (κ3) is 6.41. The van der Waals surface area contributed by atoms with E-state index in [4.69, 9.17) is 4.74 Å². The Morgan fingerprint density at radius 3 is 1.56 bits per heavy atom. The molecule has 0 bridgehead atoms. The van der Waals surface area contributed by atoms with Crippen LogP contribution in [0.5, 0.6) is 11.5 Å². The zero-order valence-electron chi connectivity index (χ0n) is 24.9. The summed E-state index contributed by atoms with van der Waals surface area (Å²) in [5.41, 5.74) is 4.49. The number of phenols is 1. The lowest BCUT2D eigenvalue weighted by Gasteiger charge is -2.37. The molecule has 2 aromatic rings. The smallest absolute Gasteiger partial charge is 0.126 e. The SMILES string of the molecule is CC(C)(Sc1cc(C(C)(C)C)c(O)c(C(C)(C)C)c1)Sc1cc(C(C)(C)C)c2c(c1)C(C)(C)CCO2. The molecular formula is C32H48O2S2. The van der Waals surface area contributed by atoms with Crippen molar-refractivity contribution in [3.63, 3.8) is 0 Å². The molecule has 1 aliphatic heterocycles. The second-order valence-electron chi connectivity index (χ2n) is 14.6. The Morgan fingerprint density at radius 1 is 0.694 bits per heavy atom. The van der Waals surface area contributed by atoms with Crippen LogP contribution >= 0.6 is 23.5 Å². The number of ether oxygens (including phenoxy) is 1. The quantitative estimate of drug-likeness (QED) is 0.316. The number of hydrogen-bond acceptors (Lipinski definition) is 4. The van der Waals surface area contributed by atoms with Crippen LogP contribution in [0, 0.1) is 0 Å². The summed E-state index contributed by atoms with van der Waals surface area (Å²) in [5.74, 6) is 1.54. The third-order valence-corrected chi connectivity index (χ3v) is 9.43. The monoisotopic (exact) mass is 528 g/mol. The van der Waals surface area contributed by atoms with Gasteiger partial charge in [0.05, 0.1) is 10.7 Å². The van der Waals surface area contributed by atoms with Crippen molar-refractivity contribution >= 4 is 23.5 Å². The third-order valence-electron chi connectivity index (χ3n) is 7.00. The van der Waals surface area contributed by atoms with Crippen LogP contribution in [0.2, 0.25) is 0 Å². The van der Waals surface area contributed by atoms with Gasteiger partial charge in [-0.05, 0) is 66.2 Å². The number of thioether (sulfide) groups is 2. The minimum atomic E-state index is -0.135. The number of rotatable bonds is 4. The maximum absolute atomic E-state index is 11.2. The number of benzene rings is 2. The van der Waals surface area contributed by atoms with Crippen molar-refractivity contribution < 1.29 is 9.84 Å². The summed E-state index contributed by atoms with van der Waals surface area (Å²) in [6, 6.07) is 9.11. The highest BCUT2D eigenvalue weighted by Gasteiger charge is 2.35. The Balaban J connectivity index is 2.04. The maximum Gasteiger partial charge on any atom is 0.126 e. The van der Waals surface area contributed by atoms with Gasteiger partial charge in [-0.3, -0.25) is 0 Å². The molecule has 0 amide bonds. The lowest BCUT2D eigenvalue weighted by molar-refractivity contribution is 0.228. The molecule has 36 heavy (non-hydrogen) atoms. The van der Waals surface area contributed by atoms with E-state index in [1.54, 1.807) is 0 Å². The van der Waals surface area contributed by atoms with Crippen LogP contribution in [-0.4, -0.2) is 15.8 Å². The van der Waals surface area contributed by atoms with E-state index in [1.807, 2.05) is 23.5 Å². The van der Waals surface area contributed by atoms with Crippen LogP contribution in [-0.2, 0) is 21.7 Å². The van der Waals surface area contributed by atoms with Crippen LogP contribution in [0.4, 0.5) is 0 Å². The zero-order valence-corrected chi connectivity index (χ0v) is 26.5. The largest absolute Gasteiger partial charge is 0.507 e. The molecule has 3 rings (SSSR count). The first-order chi connectivity index (χ1) is 16.1. The van der Waals surface area contributed by atoms with Gasteiger partial charge in [-0.25, -0.2) is 0 Å². The van der Waals surface area contributed by atoms with E-state index < -0.39 is 0 Å². The molecule has 1 aliphatic rings. The minimum Gasteiger partial charge on any atom is -0.507 e. The average molecular weight is 529 g/mol. The van der Waals surface area contributed by atoms with Gasteiger partial charge in [0.1, 0.15) is 11.5 Å². The van der Waals surface area contributed by atoms with Gasteiger partial charge < -0.3 is 9.84 Å². The van der Waals surface area contributed by atoms with Crippen molar-refractivity contribution in [3.8, 4) is 11.5 Å². The van der Waals surface area contributed by atoms with E-state index in [9.17, 15) is 5.11 Å². The van der Waals surface area contributed by atoms with Gasteiger partial charge in [0.25, 0.3) is 0 Å². The van der Waals surface area contributed by atoms with E-state index in [1.165, 1.54) is 20.9 Å². The summed E-state index contributed by atoms with van der Waals surface area (Å²) < 4.78 is 6.15. The van der Waals surface area contributed by atoms with E-state index in [-0.39, 0.29) is 25.7 Å². The lowest BCUT2D eigenvalue weighted by atomic mass is 9.76. The highest BCUT2D eigenvalue weighted by atomic mass is 32.2. The van der Waals surface area contributed by atoms with E-state index in [2.05, 4.69) is 114 Å². The summed E-state index contributed by atoms with van der Waals surface area (Å²) in [4.78, 5) is 2.50. The Bertz CT molecular complexity index is 1070. The molecular weight excluding hydrogens is 480 g/mol. The number of hydrogen-bond donors (Lipinski definition) is 1. The molecule has 0 saturated heterocycles. The first-order valence-corrected chi connectivity index (χ1v) is 14.8. The highest BCUT2D eigenvalue weighted by Crippen LogP contribution is 2.52. The second kappa shape index (κ2) is 9.49. The van der Waals surface area contributed by atoms with E-state index in [0.717, 1.165) is 29.9 Å². The fraction of sp³-hybridized carbons (Fsp3) is 0.625. The molecule has 0 spiro atoms. The minimum absolute atomic E-state index is 0.00549. The fourth-order valence-corrected chi connectivity index (χ4v) is 7.40. The molecule has 1 N–H and O–H groups in total. The molecule has 1 heterocycles. The zero-order chi connectivity index (χ0) is 27.5.